The van der Waals surface area contributed by atoms with Gasteiger partial charge < -0.3 is 45.0 Å². The van der Waals surface area contributed by atoms with Crippen LogP contribution in [-0.4, -0.2) is 67.1 Å². The van der Waals surface area contributed by atoms with Crippen LogP contribution in [0.1, 0.15) is 133 Å². The standard InChI is InChI=1S/C29H41F2N5O.C7H10F2O2.CH2I.CH3.2V/c1-19(2)27-34-33-20(3)36(27)25-17-23-9-10-24(18-25)35(23)16-13-26(21-7-5-4-6-8-21)32-28(37)22-11-14-29(30,31)15-12-22;8-7(9)3-1-5(2-4-7)6(10)11;1-2;;;/h4-8,19,22-26H,9-18H2,1-3H3,(H,32,37);5H,1-4H2,(H,10,11);1H2;1H3;;/q;;2*-1;;/t23?,24?,25?,26-;;;;;/m0...../s1. The number of carboxylic acids is 1. The summed E-state index contributed by atoms with van der Waals surface area (Å²) in [7, 11) is 0. The first-order valence-corrected chi connectivity index (χ1v) is 19.5. The van der Waals surface area contributed by atoms with Crippen molar-refractivity contribution in [3.8, 4) is 0 Å². The van der Waals surface area contributed by atoms with Crippen LogP contribution in [0.2, 0.25) is 0 Å². The van der Waals surface area contributed by atoms with E-state index in [4.69, 9.17) is 5.11 Å². The molecule has 4 fully saturated rings. The van der Waals surface area contributed by atoms with E-state index >= 15 is 0 Å². The number of carboxylic acid groups (broad SMARTS) is 1. The van der Waals surface area contributed by atoms with Crippen LogP contribution in [0.15, 0.2) is 30.3 Å². The fourth-order valence-electron chi connectivity index (χ4n) is 8.22. The smallest absolute Gasteiger partial charge is 0.306 e. The van der Waals surface area contributed by atoms with Crippen LogP contribution in [0.25, 0.3) is 0 Å². The van der Waals surface area contributed by atoms with Crippen molar-refractivity contribution in [1.82, 2.24) is 25.0 Å². The molecule has 2 N–H and O–H groups in total. The van der Waals surface area contributed by atoms with Gasteiger partial charge in [0.25, 0.3) is 0 Å². The van der Waals surface area contributed by atoms with Crippen molar-refractivity contribution in [2.75, 3.05) is 6.54 Å². The maximum atomic E-state index is 13.6. The molecule has 4 aliphatic rings. The zero-order valence-electron chi connectivity index (χ0n) is 31.4. The minimum Gasteiger partial charge on any atom is -0.481 e. The van der Waals surface area contributed by atoms with E-state index in [1.54, 1.807) is 0 Å². The summed E-state index contributed by atoms with van der Waals surface area (Å²) in [6.45, 7) is 7.34. The topological polar surface area (TPSA) is 100 Å². The molecule has 2 aliphatic heterocycles. The number of aliphatic carboxylic acids is 1. The average molecular weight is 936 g/mol. The molecule has 2 radical (unpaired) electrons. The van der Waals surface area contributed by atoms with Crippen LogP contribution in [0, 0.1) is 31.1 Å². The number of carbonyl (C=O) groups is 2. The van der Waals surface area contributed by atoms with Gasteiger partial charge in [-0.2, -0.15) is 0 Å². The Bertz CT molecular complexity index is 1370. The largest absolute Gasteiger partial charge is 0.481 e. The number of hydrogen-bond acceptors (Lipinski definition) is 5. The fourth-order valence-corrected chi connectivity index (χ4v) is 8.22. The van der Waals surface area contributed by atoms with Crippen molar-refractivity contribution in [3.05, 3.63) is 59.9 Å². The van der Waals surface area contributed by atoms with Crippen LogP contribution in [-0.2, 0) is 46.7 Å². The van der Waals surface area contributed by atoms with Gasteiger partial charge in [0.1, 0.15) is 11.6 Å². The molecule has 1 amide bonds. The summed E-state index contributed by atoms with van der Waals surface area (Å²) in [5.74, 6) is -4.68. The van der Waals surface area contributed by atoms with Gasteiger partial charge in [0.15, 0.2) is 0 Å². The SMILES string of the molecule is Cc1nnc(C(C)C)n1C1CC2CCC(C1)N2CC[C@H](NC(=O)C1CCC(F)(F)CC1)c1ccccc1.O=C(O)C1CCC(F)(F)CC1.[CH2-]I.[CH3-].[V].[V]. The molecule has 2 aliphatic carbocycles. The molecule has 298 valence electrons. The van der Waals surface area contributed by atoms with Crippen LogP contribution < -0.4 is 5.32 Å². The number of nitrogens with zero attached hydrogens (tertiary/aromatic N) is 4. The van der Waals surface area contributed by atoms with E-state index in [2.05, 4.69) is 62.8 Å². The van der Waals surface area contributed by atoms with Crippen LogP contribution >= 0.6 is 22.6 Å². The fraction of sp³-hybridized carbons (Fsp3) is 0.684. The first kappa shape index (κ1) is 49.9. The van der Waals surface area contributed by atoms with Gasteiger partial charge in [0.05, 0.1) is 12.0 Å². The molecule has 6 rings (SSSR count). The molecule has 53 heavy (non-hydrogen) atoms. The van der Waals surface area contributed by atoms with Gasteiger partial charge in [-0.3, -0.25) is 19.4 Å². The van der Waals surface area contributed by atoms with Crippen molar-refractivity contribution in [2.24, 2.45) is 11.8 Å². The van der Waals surface area contributed by atoms with E-state index in [1.165, 1.54) is 12.8 Å². The summed E-state index contributed by atoms with van der Waals surface area (Å²) in [6, 6.07) is 11.5. The van der Waals surface area contributed by atoms with Gasteiger partial charge >= 0.3 is 5.97 Å². The Kier molecular flexibility index (Phi) is 21.3. The molecule has 2 aromatic rings. The second kappa shape index (κ2) is 22.6. The van der Waals surface area contributed by atoms with E-state index in [-0.39, 0.29) is 114 Å². The first-order chi connectivity index (χ1) is 23.7. The number of nitrogens with one attached hydrogen (secondary N) is 1. The third-order valence-electron chi connectivity index (χ3n) is 11.0. The summed E-state index contributed by atoms with van der Waals surface area (Å²) >= 11 is 1.90. The Morgan fingerprint density at radius 1 is 0.868 bits per heavy atom. The second-order valence-electron chi connectivity index (χ2n) is 14.7. The van der Waals surface area contributed by atoms with Gasteiger partial charge in [-0.25, -0.2) is 17.6 Å². The number of amides is 1. The number of aromatic nitrogens is 3. The van der Waals surface area contributed by atoms with Crippen molar-refractivity contribution in [1.29, 1.82) is 0 Å². The third-order valence-corrected chi connectivity index (χ3v) is 11.0. The maximum Gasteiger partial charge on any atom is 0.306 e. The van der Waals surface area contributed by atoms with E-state index in [0.717, 1.165) is 43.0 Å². The van der Waals surface area contributed by atoms with Crippen molar-refractivity contribution in [2.45, 2.75) is 146 Å². The van der Waals surface area contributed by atoms with Gasteiger partial charge in [0.2, 0.25) is 17.8 Å². The molecular formula is C38H56F4IN5O3V2-2. The van der Waals surface area contributed by atoms with Gasteiger partial charge in [-0.1, -0.05) is 44.2 Å². The molecule has 1 aromatic heterocycles. The van der Waals surface area contributed by atoms with Gasteiger partial charge in [0, 0.05) is 99.3 Å². The van der Waals surface area contributed by atoms with Gasteiger partial charge in [-0.05, 0) is 70.3 Å². The molecule has 0 spiro atoms. The third kappa shape index (κ3) is 13.8. The van der Waals surface area contributed by atoms with E-state index < -0.39 is 23.7 Å². The Morgan fingerprint density at radius 3 is 1.83 bits per heavy atom. The summed E-state index contributed by atoms with van der Waals surface area (Å²) in [6.07, 6.45) is 5.26. The quantitative estimate of drug-likeness (QED) is 0.148. The molecule has 2 saturated carbocycles. The van der Waals surface area contributed by atoms with Gasteiger partial charge in [-0.15, -0.1) is 10.2 Å². The number of alkyl halides is 4. The number of carbonyl (C=O) groups excluding carboxylic acids is 1. The number of rotatable bonds is 9. The van der Waals surface area contributed by atoms with Crippen LogP contribution in [0.4, 0.5) is 17.6 Å². The Labute approximate surface area is 351 Å². The maximum absolute atomic E-state index is 13.6. The number of hydrogen-bond donors (Lipinski definition) is 2. The van der Waals surface area contributed by atoms with Crippen LogP contribution in [0.3, 0.4) is 0 Å². The predicted octanol–water partition coefficient (Wildman–Crippen LogP) is 9.51. The summed E-state index contributed by atoms with van der Waals surface area (Å²) in [4.78, 5) is 29.3. The van der Waals surface area contributed by atoms with E-state index in [9.17, 15) is 27.2 Å². The molecule has 15 heteroatoms. The molecule has 3 atom stereocenters. The Morgan fingerprint density at radius 2 is 1.36 bits per heavy atom. The first-order valence-electron chi connectivity index (χ1n) is 18.0. The van der Waals surface area contributed by atoms with Crippen molar-refractivity contribution in [3.63, 3.8) is 0 Å². The predicted molar refractivity (Wildman–Crippen MR) is 200 cm³/mol. The molecule has 2 unspecified atom stereocenters. The van der Waals surface area contributed by atoms with E-state index in [0.29, 0.717) is 24.0 Å². The number of piperidine rings is 1. The van der Waals surface area contributed by atoms with Crippen LogP contribution in [0.5, 0.6) is 0 Å². The summed E-state index contributed by atoms with van der Waals surface area (Å²) in [5.41, 5.74) is 1.08. The monoisotopic (exact) mass is 935 g/mol. The zero-order chi connectivity index (χ0) is 36.6. The molecule has 2 bridgehead atoms. The molecule has 3 heterocycles. The minimum absolute atomic E-state index is 0. The summed E-state index contributed by atoms with van der Waals surface area (Å²) < 4.78 is 54.5. The average Bonchev–Trinajstić information content (AvgIpc) is 3.59. The molecule has 1 aromatic carbocycles. The Hall–Kier alpha value is -1.12. The zero-order valence-corrected chi connectivity index (χ0v) is 36.3. The molecule has 2 saturated heterocycles. The number of aryl methyl sites for hydroxylation is 1. The number of benzene rings is 1. The van der Waals surface area contributed by atoms with Crippen molar-refractivity contribution < 1.29 is 69.4 Å². The molecule has 8 nitrogen and oxygen atoms in total. The Balaban J connectivity index is 0.000000754. The minimum atomic E-state index is -2.62. The normalized spacial score (nSPS) is 24.1. The number of halogens is 5. The summed E-state index contributed by atoms with van der Waals surface area (Å²) in [5, 5.41) is 20.6. The van der Waals surface area contributed by atoms with E-state index in [1.807, 2.05) is 40.8 Å². The molecular weight excluding hydrogens is 879 g/mol. The van der Waals surface area contributed by atoms with Crippen molar-refractivity contribution >= 4 is 34.5 Å². The second-order valence-corrected chi connectivity index (χ2v) is 14.7. The number of fused-ring (bicyclic) bond motifs is 2.